The van der Waals surface area contributed by atoms with E-state index in [0.29, 0.717) is 24.4 Å². The number of rotatable bonds is 7. The van der Waals surface area contributed by atoms with Crippen molar-refractivity contribution in [3.05, 3.63) is 69.5 Å². The highest BCUT2D eigenvalue weighted by Crippen LogP contribution is 2.38. The summed E-state index contributed by atoms with van der Waals surface area (Å²) < 4.78 is 38.2. The van der Waals surface area contributed by atoms with Crippen LogP contribution in [0.15, 0.2) is 30.3 Å². The van der Waals surface area contributed by atoms with Gasteiger partial charge in [0.25, 0.3) is 0 Å². The summed E-state index contributed by atoms with van der Waals surface area (Å²) in [5.41, 5.74) is 8.38. The van der Waals surface area contributed by atoms with Crippen LogP contribution in [0.4, 0.5) is 8.78 Å². The van der Waals surface area contributed by atoms with E-state index in [0.717, 1.165) is 56.7 Å². The molecule has 0 radical (unpaired) electrons. The number of hydrogen-bond acceptors (Lipinski definition) is 4. The molecule has 0 spiro atoms. The second-order valence-corrected chi connectivity index (χ2v) is 8.97. The molecule has 2 aromatic carbocycles. The first-order valence-corrected chi connectivity index (χ1v) is 11.5. The number of carbonyl (C=O) groups excluding carboxylic acids is 1. The van der Waals surface area contributed by atoms with Crippen LogP contribution in [0.3, 0.4) is 0 Å². The Morgan fingerprint density at radius 3 is 2.59 bits per heavy atom. The lowest BCUT2D eigenvalue weighted by Gasteiger charge is -2.16. The van der Waals surface area contributed by atoms with Crippen molar-refractivity contribution < 1.29 is 23.0 Å². The molecule has 180 valence electrons. The predicted octanol–water partition coefficient (Wildman–Crippen LogP) is 6.00. The number of esters is 1. The van der Waals surface area contributed by atoms with E-state index in [4.69, 9.17) is 9.47 Å². The first kappa shape index (κ1) is 23.9. The topological polar surface area (TPSA) is 53.4 Å². The smallest absolute Gasteiger partial charge is 0.333 e. The standard InChI is InChI=1S/C27H30F2N2O3/c1-15-6-9-20(16(2)25(15)26-17(3)30-31(18(26)4)27(28)29)10-7-19-8-11-22-21(13-24(32)33-5)14-34-23(22)12-19/h6,8-9,11-12,21,27H,7,10,13-14H2,1-5H3/t21-/m1/s1. The molecule has 1 atom stereocenters. The van der Waals surface area contributed by atoms with Gasteiger partial charge in [-0.2, -0.15) is 13.9 Å². The maximum absolute atomic E-state index is 13.4. The average molecular weight is 469 g/mol. The van der Waals surface area contributed by atoms with Gasteiger partial charge in [0, 0.05) is 22.7 Å². The van der Waals surface area contributed by atoms with Crippen LogP contribution >= 0.6 is 0 Å². The average Bonchev–Trinajstić information content (AvgIpc) is 3.33. The summed E-state index contributed by atoms with van der Waals surface area (Å²) in [5, 5.41) is 4.08. The maximum atomic E-state index is 13.4. The van der Waals surface area contributed by atoms with Crippen LogP contribution < -0.4 is 4.74 Å². The Kier molecular flexibility index (Phi) is 6.73. The van der Waals surface area contributed by atoms with Crippen molar-refractivity contribution in [3.63, 3.8) is 0 Å². The second-order valence-electron chi connectivity index (χ2n) is 8.97. The number of fused-ring (bicyclic) bond motifs is 1. The molecule has 0 N–H and O–H groups in total. The Morgan fingerprint density at radius 2 is 1.91 bits per heavy atom. The van der Waals surface area contributed by atoms with E-state index in [1.807, 2.05) is 13.0 Å². The summed E-state index contributed by atoms with van der Waals surface area (Å²) in [5.74, 6) is 0.623. The number of aromatic nitrogens is 2. The van der Waals surface area contributed by atoms with Crippen molar-refractivity contribution in [2.75, 3.05) is 13.7 Å². The van der Waals surface area contributed by atoms with Gasteiger partial charge < -0.3 is 9.47 Å². The summed E-state index contributed by atoms with van der Waals surface area (Å²) >= 11 is 0. The largest absolute Gasteiger partial charge is 0.493 e. The lowest BCUT2D eigenvalue weighted by molar-refractivity contribution is -0.141. The minimum absolute atomic E-state index is 0.0269. The number of benzene rings is 2. The summed E-state index contributed by atoms with van der Waals surface area (Å²) in [6, 6.07) is 10.4. The highest BCUT2D eigenvalue weighted by Gasteiger charge is 2.27. The van der Waals surface area contributed by atoms with E-state index in [1.165, 1.54) is 12.7 Å². The van der Waals surface area contributed by atoms with Gasteiger partial charge in [-0.25, -0.2) is 4.68 Å². The number of carbonyl (C=O) groups is 1. The quantitative estimate of drug-likeness (QED) is 0.399. The molecule has 1 aliphatic rings. The summed E-state index contributed by atoms with van der Waals surface area (Å²) in [6.07, 6.45) is 1.94. The minimum Gasteiger partial charge on any atom is -0.493 e. The molecule has 0 bridgehead atoms. The molecule has 7 heteroatoms. The normalized spacial score (nSPS) is 14.9. The van der Waals surface area contributed by atoms with Crippen molar-refractivity contribution >= 4 is 5.97 Å². The molecule has 0 aliphatic carbocycles. The molecule has 0 saturated carbocycles. The number of alkyl halides is 2. The number of hydrogen-bond donors (Lipinski definition) is 0. The third-order valence-corrected chi connectivity index (χ3v) is 6.83. The summed E-state index contributed by atoms with van der Waals surface area (Å²) in [7, 11) is 1.40. The molecule has 0 unspecified atom stereocenters. The SMILES string of the molecule is COC(=O)C[C@@H]1COc2cc(CCc3ccc(C)c(-c4c(C)nn(C(F)F)c4C)c3C)ccc21. The fourth-order valence-corrected chi connectivity index (χ4v) is 4.97. The van der Waals surface area contributed by atoms with Crippen LogP contribution in [0, 0.1) is 27.7 Å². The molecule has 4 rings (SSSR count). The van der Waals surface area contributed by atoms with Gasteiger partial charge in [0.1, 0.15) is 5.75 Å². The van der Waals surface area contributed by atoms with Crippen LogP contribution in [0.5, 0.6) is 5.75 Å². The van der Waals surface area contributed by atoms with Crippen LogP contribution in [0.2, 0.25) is 0 Å². The van der Waals surface area contributed by atoms with Crippen LogP contribution in [-0.4, -0.2) is 29.5 Å². The van der Waals surface area contributed by atoms with Gasteiger partial charge in [0.15, 0.2) is 0 Å². The fraction of sp³-hybridized carbons (Fsp3) is 0.407. The zero-order chi connectivity index (χ0) is 24.6. The molecule has 0 fully saturated rings. The highest BCUT2D eigenvalue weighted by atomic mass is 19.3. The third kappa shape index (κ3) is 4.43. The van der Waals surface area contributed by atoms with E-state index < -0.39 is 6.55 Å². The van der Waals surface area contributed by atoms with E-state index in [1.54, 1.807) is 13.8 Å². The molecule has 0 saturated heterocycles. The maximum Gasteiger partial charge on any atom is 0.333 e. The Morgan fingerprint density at radius 1 is 1.15 bits per heavy atom. The number of ether oxygens (including phenoxy) is 2. The van der Waals surface area contributed by atoms with Gasteiger partial charge in [0.05, 0.1) is 25.8 Å². The van der Waals surface area contributed by atoms with E-state index in [2.05, 4.69) is 36.3 Å². The summed E-state index contributed by atoms with van der Waals surface area (Å²) in [4.78, 5) is 11.6. The second kappa shape index (κ2) is 9.57. The Hall–Kier alpha value is -3.22. The monoisotopic (exact) mass is 468 g/mol. The molecule has 5 nitrogen and oxygen atoms in total. The van der Waals surface area contributed by atoms with Crippen molar-refractivity contribution in [1.82, 2.24) is 9.78 Å². The van der Waals surface area contributed by atoms with Gasteiger partial charge in [-0.05, 0) is 74.4 Å². The van der Waals surface area contributed by atoms with Gasteiger partial charge in [0.2, 0.25) is 0 Å². The van der Waals surface area contributed by atoms with E-state index in [-0.39, 0.29) is 11.9 Å². The number of halogens is 2. The molecule has 2 heterocycles. The first-order chi connectivity index (χ1) is 16.2. The Balaban J connectivity index is 1.56. The van der Waals surface area contributed by atoms with Crippen molar-refractivity contribution in [2.45, 2.75) is 59.4 Å². The zero-order valence-corrected chi connectivity index (χ0v) is 20.2. The molecule has 1 aliphatic heterocycles. The molecular formula is C27H30F2N2O3. The minimum atomic E-state index is -2.66. The van der Waals surface area contributed by atoms with Crippen LogP contribution in [-0.2, 0) is 22.4 Å². The van der Waals surface area contributed by atoms with Gasteiger partial charge >= 0.3 is 12.5 Å². The van der Waals surface area contributed by atoms with E-state index >= 15 is 0 Å². The Labute approximate surface area is 198 Å². The first-order valence-electron chi connectivity index (χ1n) is 11.5. The molecule has 1 aromatic heterocycles. The molecule has 3 aromatic rings. The lowest BCUT2D eigenvalue weighted by Crippen LogP contribution is -2.09. The number of methoxy groups -OCH3 is 1. The fourth-order valence-electron chi connectivity index (χ4n) is 4.97. The summed E-state index contributed by atoms with van der Waals surface area (Å²) in [6.45, 7) is 5.37. The number of aryl methyl sites for hydroxylation is 4. The van der Waals surface area contributed by atoms with Gasteiger partial charge in [-0.1, -0.05) is 24.3 Å². The van der Waals surface area contributed by atoms with Crippen molar-refractivity contribution in [3.8, 4) is 16.9 Å². The van der Waals surface area contributed by atoms with Crippen molar-refractivity contribution in [2.24, 2.45) is 0 Å². The van der Waals surface area contributed by atoms with E-state index in [9.17, 15) is 13.6 Å². The predicted molar refractivity (Wildman–Crippen MR) is 127 cm³/mol. The molecular weight excluding hydrogens is 438 g/mol. The molecule has 0 amide bonds. The number of nitrogens with zero attached hydrogens (tertiary/aromatic N) is 2. The van der Waals surface area contributed by atoms with Gasteiger partial charge in [-0.15, -0.1) is 0 Å². The van der Waals surface area contributed by atoms with Crippen molar-refractivity contribution in [1.29, 1.82) is 0 Å². The third-order valence-electron chi connectivity index (χ3n) is 6.83. The van der Waals surface area contributed by atoms with Crippen LogP contribution in [0.25, 0.3) is 11.1 Å². The zero-order valence-electron chi connectivity index (χ0n) is 20.2. The highest BCUT2D eigenvalue weighted by molar-refractivity contribution is 5.76. The lowest BCUT2D eigenvalue weighted by atomic mass is 9.89. The van der Waals surface area contributed by atoms with Crippen LogP contribution in [0.1, 0.15) is 58.1 Å². The van der Waals surface area contributed by atoms with Gasteiger partial charge in [-0.3, -0.25) is 4.79 Å². The Bertz CT molecular complexity index is 1230. The molecule has 34 heavy (non-hydrogen) atoms.